The highest BCUT2D eigenvalue weighted by atomic mass is 16.7. The van der Waals surface area contributed by atoms with Crippen molar-refractivity contribution in [1.29, 1.82) is 0 Å². The maximum absolute atomic E-state index is 12.2. The van der Waals surface area contributed by atoms with E-state index in [-0.39, 0.29) is 19.0 Å². The highest BCUT2D eigenvalue weighted by molar-refractivity contribution is 5.89. The molecule has 9 heteroatoms. The first-order valence-electron chi connectivity index (χ1n) is 9.66. The van der Waals surface area contributed by atoms with E-state index >= 15 is 0 Å². The van der Waals surface area contributed by atoms with Gasteiger partial charge in [-0.3, -0.25) is 4.79 Å². The molecule has 0 saturated carbocycles. The standard InChI is InChI=1S/C22H24O9/c1-13(23)28-12-17-18(24)19(25)20(26)22(31-17)30-16-10-6-5-9-15(16)11-29-21(27)14-7-3-2-4-8-14/h2-10,17-20,22,24-26H,11-12H2,1H3. The topological polar surface area (TPSA) is 132 Å². The molecule has 2 aromatic carbocycles. The number of para-hydroxylation sites is 1. The Morgan fingerprint density at radius 2 is 1.58 bits per heavy atom. The zero-order valence-electron chi connectivity index (χ0n) is 16.8. The Hall–Kier alpha value is -2.98. The summed E-state index contributed by atoms with van der Waals surface area (Å²) < 4.78 is 21.4. The number of hydrogen-bond acceptors (Lipinski definition) is 9. The van der Waals surface area contributed by atoms with Crippen LogP contribution in [0, 0.1) is 0 Å². The van der Waals surface area contributed by atoms with E-state index in [1.54, 1.807) is 54.6 Å². The Bertz CT molecular complexity index is 886. The highest BCUT2D eigenvalue weighted by Crippen LogP contribution is 2.27. The van der Waals surface area contributed by atoms with Gasteiger partial charge in [-0.25, -0.2) is 4.79 Å². The van der Waals surface area contributed by atoms with E-state index in [2.05, 4.69) is 0 Å². The molecule has 0 bridgehead atoms. The summed E-state index contributed by atoms with van der Waals surface area (Å²) >= 11 is 0. The first-order valence-corrected chi connectivity index (χ1v) is 9.66. The molecule has 31 heavy (non-hydrogen) atoms. The maximum atomic E-state index is 12.2. The average molecular weight is 432 g/mol. The minimum absolute atomic E-state index is 0.102. The van der Waals surface area contributed by atoms with Crippen molar-refractivity contribution in [2.24, 2.45) is 0 Å². The fourth-order valence-electron chi connectivity index (χ4n) is 3.02. The second-order valence-corrected chi connectivity index (χ2v) is 6.99. The van der Waals surface area contributed by atoms with Crippen LogP contribution >= 0.6 is 0 Å². The number of ether oxygens (including phenoxy) is 4. The zero-order valence-corrected chi connectivity index (χ0v) is 16.8. The van der Waals surface area contributed by atoms with Gasteiger partial charge in [0.2, 0.25) is 6.29 Å². The van der Waals surface area contributed by atoms with E-state index in [0.29, 0.717) is 11.1 Å². The van der Waals surface area contributed by atoms with Crippen LogP contribution in [-0.4, -0.2) is 64.6 Å². The van der Waals surface area contributed by atoms with E-state index in [0.717, 1.165) is 0 Å². The van der Waals surface area contributed by atoms with Gasteiger partial charge in [0.1, 0.15) is 43.4 Å². The number of hydrogen-bond donors (Lipinski definition) is 3. The van der Waals surface area contributed by atoms with Crippen LogP contribution in [0.1, 0.15) is 22.8 Å². The lowest BCUT2D eigenvalue weighted by molar-refractivity contribution is -0.278. The lowest BCUT2D eigenvalue weighted by Gasteiger charge is -2.40. The molecule has 3 rings (SSSR count). The summed E-state index contributed by atoms with van der Waals surface area (Å²) in [6, 6.07) is 15.1. The van der Waals surface area contributed by atoms with Crippen molar-refractivity contribution >= 4 is 11.9 Å². The molecular weight excluding hydrogens is 408 g/mol. The largest absolute Gasteiger partial charge is 0.463 e. The Labute approximate surface area is 178 Å². The Morgan fingerprint density at radius 3 is 2.29 bits per heavy atom. The minimum Gasteiger partial charge on any atom is -0.463 e. The summed E-state index contributed by atoms with van der Waals surface area (Å²) in [5, 5.41) is 30.5. The van der Waals surface area contributed by atoms with Gasteiger partial charge in [0, 0.05) is 12.5 Å². The van der Waals surface area contributed by atoms with Crippen LogP contribution in [-0.2, 0) is 25.6 Å². The summed E-state index contributed by atoms with van der Waals surface area (Å²) in [5.41, 5.74) is 0.900. The third-order valence-electron chi connectivity index (χ3n) is 4.70. The third kappa shape index (κ3) is 5.80. The van der Waals surface area contributed by atoms with Gasteiger partial charge >= 0.3 is 11.9 Å². The second-order valence-electron chi connectivity index (χ2n) is 6.99. The first-order chi connectivity index (χ1) is 14.9. The van der Waals surface area contributed by atoms with Crippen LogP contribution < -0.4 is 4.74 Å². The molecule has 0 aromatic heterocycles. The second kappa shape index (κ2) is 10.4. The number of rotatable bonds is 7. The summed E-state index contributed by atoms with van der Waals surface area (Å²) in [5.74, 6) is -0.842. The molecule has 0 amide bonds. The van der Waals surface area contributed by atoms with E-state index in [4.69, 9.17) is 18.9 Å². The van der Waals surface area contributed by atoms with Crippen molar-refractivity contribution in [2.45, 2.75) is 44.2 Å². The SMILES string of the molecule is CC(=O)OCC1OC(Oc2ccccc2COC(=O)c2ccccc2)C(O)C(O)C1O. The van der Waals surface area contributed by atoms with Gasteiger partial charge in [-0.05, 0) is 18.2 Å². The predicted molar refractivity (Wildman–Crippen MR) is 106 cm³/mol. The molecule has 2 aromatic rings. The molecule has 9 nitrogen and oxygen atoms in total. The number of esters is 2. The molecule has 166 valence electrons. The van der Waals surface area contributed by atoms with E-state index in [1.165, 1.54) is 6.92 Å². The fraction of sp³-hybridized carbons (Fsp3) is 0.364. The van der Waals surface area contributed by atoms with Crippen molar-refractivity contribution in [3.63, 3.8) is 0 Å². The predicted octanol–water partition coefficient (Wildman–Crippen LogP) is 0.793. The van der Waals surface area contributed by atoms with Crippen LogP contribution in [0.4, 0.5) is 0 Å². The van der Waals surface area contributed by atoms with Gasteiger partial charge in [0.05, 0.1) is 5.56 Å². The van der Waals surface area contributed by atoms with Crippen molar-refractivity contribution in [3.05, 3.63) is 65.7 Å². The lowest BCUT2D eigenvalue weighted by atomic mass is 9.99. The van der Waals surface area contributed by atoms with Gasteiger partial charge in [0.15, 0.2) is 0 Å². The Balaban J connectivity index is 1.68. The zero-order chi connectivity index (χ0) is 22.4. The van der Waals surface area contributed by atoms with E-state index < -0.39 is 42.6 Å². The first kappa shape index (κ1) is 22.7. The van der Waals surface area contributed by atoms with Crippen LogP contribution in [0.3, 0.4) is 0 Å². The molecular formula is C22H24O9. The summed E-state index contributed by atoms with van der Waals surface area (Å²) in [6.07, 6.45) is -7.08. The van der Waals surface area contributed by atoms with Crippen molar-refractivity contribution in [1.82, 2.24) is 0 Å². The molecule has 1 aliphatic heterocycles. The van der Waals surface area contributed by atoms with E-state index in [1.807, 2.05) is 0 Å². The van der Waals surface area contributed by atoms with Gasteiger partial charge in [0.25, 0.3) is 0 Å². The maximum Gasteiger partial charge on any atom is 0.338 e. The molecule has 1 fully saturated rings. The van der Waals surface area contributed by atoms with E-state index in [9.17, 15) is 24.9 Å². The van der Waals surface area contributed by atoms with Gasteiger partial charge in [-0.1, -0.05) is 36.4 Å². The quantitative estimate of drug-likeness (QED) is 0.543. The number of benzene rings is 2. The Kier molecular flexibility index (Phi) is 7.59. The number of aliphatic hydroxyl groups is 3. The molecule has 0 aliphatic carbocycles. The Morgan fingerprint density at radius 1 is 0.903 bits per heavy atom. The van der Waals surface area contributed by atoms with Gasteiger partial charge < -0.3 is 34.3 Å². The smallest absolute Gasteiger partial charge is 0.338 e. The minimum atomic E-state index is -1.58. The van der Waals surface area contributed by atoms with Gasteiger partial charge in [-0.15, -0.1) is 0 Å². The number of aliphatic hydroxyl groups excluding tert-OH is 3. The highest BCUT2D eigenvalue weighted by Gasteiger charge is 2.45. The number of carbonyl (C=O) groups is 2. The average Bonchev–Trinajstić information content (AvgIpc) is 2.78. The van der Waals surface area contributed by atoms with Crippen LogP contribution in [0.5, 0.6) is 5.75 Å². The summed E-state index contributed by atoms with van der Waals surface area (Å²) in [4.78, 5) is 23.2. The van der Waals surface area contributed by atoms with Crippen molar-refractivity contribution in [2.75, 3.05) is 6.61 Å². The monoisotopic (exact) mass is 432 g/mol. The van der Waals surface area contributed by atoms with Crippen LogP contribution in [0.15, 0.2) is 54.6 Å². The molecule has 0 spiro atoms. The molecule has 1 aliphatic rings. The van der Waals surface area contributed by atoms with Gasteiger partial charge in [-0.2, -0.15) is 0 Å². The molecule has 0 radical (unpaired) electrons. The van der Waals surface area contributed by atoms with Crippen molar-refractivity contribution in [3.8, 4) is 5.75 Å². The molecule has 5 atom stereocenters. The summed E-state index contributed by atoms with van der Waals surface area (Å²) in [6.45, 7) is 0.771. The molecule has 1 heterocycles. The van der Waals surface area contributed by atoms with Crippen LogP contribution in [0.25, 0.3) is 0 Å². The molecule has 5 unspecified atom stereocenters. The van der Waals surface area contributed by atoms with Crippen molar-refractivity contribution < 1.29 is 43.9 Å². The molecule has 1 saturated heterocycles. The third-order valence-corrected chi connectivity index (χ3v) is 4.70. The normalized spacial score (nSPS) is 25.5. The lowest BCUT2D eigenvalue weighted by Crippen LogP contribution is -2.60. The number of carbonyl (C=O) groups excluding carboxylic acids is 2. The summed E-state index contributed by atoms with van der Waals surface area (Å²) in [7, 11) is 0. The fourth-order valence-corrected chi connectivity index (χ4v) is 3.02. The van der Waals surface area contributed by atoms with Crippen LogP contribution in [0.2, 0.25) is 0 Å². The molecule has 3 N–H and O–H groups in total.